The number of amides is 2. The number of fused-ring (bicyclic) bond motifs is 3. The van der Waals surface area contributed by atoms with Gasteiger partial charge >= 0.3 is 0 Å². The summed E-state index contributed by atoms with van der Waals surface area (Å²) in [5, 5.41) is 3.74. The summed E-state index contributed by atoms with van der Waals surface area (Å²) in [5.74, 6) is 0.315. The Balaban J connectivity index is 1.27. The molecule has 0 aliphatic heterocycles. The zero-order valence-corrected chi connectivity index (χ0v) is 20.8. The standard InChI is InChI=1S/C26H21ClN4O4S/c1-34-16-6-7-17-15(13-16)5-9-21-23(17)31-26(36-21)30-22(32)12-14-4-8-20(19(27)11-14)35-25-18(24(28)33)3-2-10-29-25/h2-4,6-8,10-11,13H,5,9,12H2,1H3,(H2,28,33)(H,30,31,32). The number of hydrogen-bond donors (Lipinski definition) is 2. The highest BCUT2D eigenvalue weighted by Crippen LogP contribution is 2.39. The Labute approximate surface area is 216 Å². The number of halogens is 1. The lowest BCUT2D eigenvalue weighted by molar-refractivity contribution is -0.115. The van der Waals surface area contributed by atoms with E-state index >= 15 is 0 Å². The van der Waals surface area contributed by atoms with Crippen molar-refractivity contribution in [2.45, 2.75) is 19.3 Å². The fourth-order valence-electron chi connectivity index (χ4n) is 4.02. The van der Waals surface area contributed by atoms with E-state index in [1.165, 1.54) is 29.2 Å². The SMILES string of the molecule is COc1ccc2c(c1)CCc1sc(NC(=O)Cc3ccc(Oc4ncccc4C(N)=O)c(Cl)c3)nc1-2. The molecule has 3 N–H and O–H groups in total. The number of nitrogens with two attached hydrogens (primary N) is 1. The van der Waals surface area contributed by atoms with E-state index in [9.17, 15) is 9.59 Å². The van der Waals surface area contributed by atoms with Gasteiger partial charge in [-0.2, -0.15) is 0 Å². The molecule has 0 bridgehead atoms. The van der Waals surface area contributed by atoms with Crippen molar-refractivity contribution >= 4 is 39.9 Å². The van der Waals surface area contributed by atoms with Crippen molar-refractivity contribution in [1.29, 1.82) is 0 Å². The van der Waals surface area contributed by atoms with Gasteiger partial charge in [0.05, 0.1) is 24.2 Å². The minimum atomic E-state index is -0.658. The lowest BCUT2D eigenvalue weighted by atomic mass is 9.93. The van der Waals surface area contributed by atoms with Gasteiger partial charge < -0.3 is 20.5 Å². The molecule has 2 aromatic carbocycles. The van der Waals surface area contributed by atoms with Crippen LogP contribution >= 0.6 is 22.9 Å². The van der Waals surface area contributed by atoms with E-state index < -0.39 is 5.91 Å². The molecular weight excluding hydrogens is 500 g/mol. The fraction of sp³-hybridized carbons (Fsp3) is 0.154. The van der Waals surface area contributed by atoms with Crippen LogP contribution in [0.25, 0.3) is 11.3 Å². The molecule has 0 unspecified atom stereocenters. The Morgan fingerprint density at radius 1 is 1.17 bits per heavy atom. The number of aryl methyl sites for hydroxylation is 2. The van der Waals surface area contributed by atoms with Gasteiger partial charge in [0.1, 0.15) is 17.1 Å². The number of primary amides is 1. The quantitative estimate of drug-likeness (QED) is 0.352. The third kappa shape index (κ3) is 4.89. The van der Waals surface area contributed by atoms with Crippen LogP contribution in [0, 0.1) is 0 Å². The largest absolute Gasteiger partial charge is 0.497 e. The molecule has 2 heterocycles. The first-order valence-electron chi connectivity index (χ1n) is 11.1. The monoisotopic (exact) mass is 520 g/mol. The van der Waals surface area contributed by atoms with Crippen LogP contribution in [0.15, 0.2) is 54.7 Å². The molecule has 182 valence electrons. The van der Waals surface area contributed by atoms with Crippen LogP contribution in [0.1, 0.15) is 26.4 Å². The van der Waals surface area contributed by atoms with Gasteiger partial charge in [0.2, 0.25) is 11.8 Å². The molecule has 0 radical (unpaired) electrons. The molecule has 0 atom stereocenters. The van der Waals surface area contributed by atoms with E-state index in [0.717, 1.165) is 34.7 Å². The molecule has 2 aromatic heterocycles. The van der Waals surface area contributed by atoms with Crippen LogP contribution in [-0.4, -0.2) is 28.9 Å². The number of nitrogens with one attached hydrogen (secondary N) is 1. The second-order valence-electron chi connectivity index (χ2n) is 8.13. The summed E-state index contributed by atoms with van der Waals surface area (Å²) >= 11 is 7.87. The summed E-state index contributed by atoms with van der Waals surface area (Å²) in [6.07, 6.45) is 3.36. The van der Waals surface area contributed by atoms with E-state index in [2.05, 4.69) is 15.3 Å². The Bertz CT molecular complexity index is 1490. The summed E-state index contributed by atoms with van der Waals surface area (Å²) in [4.78, 5) is 34.2. The van der Waals surface area contributed by atoms with Crippen molar-refractivity contribution in [3.63, 3.8) is 0 Å². The lowest BCUT2D eigenvalue weighted by Crippen LogP contribution is -2.14. The van der Waals surface area contributed by atoms with Gasteiger partial charge in [-0.05, 0) is 66.4 Å². The zero-order chi connectivity index (χ0) is 25.2. The summed E-state index contributed by atoms with van der Waals surface area (Å²) in [7, 11) is 1.65. The number of carbonyl (C=O) groups excluding carboxylic acids is 2. The molecule has 0 spiro atoms. The Hall–Kier alpha value is -3.95. The lowest BCUT2D eigenvalue weighted by Gasteiger charge is -2.15. The minimum absolute atomic E-state index is 0.0603. The number of nitrogens with zero attached hydrogens (tertiary/aromatic N) is 2. The van der Waals surface area contributed by atoms with Crippen molar-refractivity contribution in [3.05, 3.63) is 81.3 Å². The number of pyridine rings is 1. The van der Waals surface area contributed by atoms with Gasteiger partial charge in [0.25, 0.3) is 5.91 Å². The van der Waals surface area contributed by atoms with Crippen LogP contribution in [-0.2, 0) is 24.1 Å². The highest BCUT2D eigenvalue weighted by atomic mass is 35.5. The topological polar surface area (TPSA) is 116 Å². The van der Waals surface area contributed by atoms with Gasteiger partial charge in [0, 0.05) is 16.6 Å². The van der Waals surface area contributed by atoms with E-state index in [1.54, 1.807) is 31.4 Å². The zero-order valence-electron chi connectivity index (χ0n) is 19.2. The first kappa shape index (κ1) is 23.8. The predicted molar refractivity (Wildman–Crippen MR) is 138 cm³/mol. The average molecular weight is 521 g/mol. The maximum absolute atomic E-state index is 12.7. The van der Waals surface area contributed by atoms with Crippen molar-refractivity contribution in [1.82, 2.24) is 9.97 Å². The van der Waals surface area contributed by atoms with E-state index in [1.807, 2.05) is 18.2 Å². The molecule has 1 aliphatic rings. The van der Waals surface area contributed by atoms with Crippen molar-refractivity contribution in [2.75, 3.05) is 12.4 Å². The number of ether oxygens (including phenoxy) is 2. The number of hydrogen-bond acceptors (Lipinski definition) is 7. The van der Waals surface area contributed by atoms with Crippen molar-refractivity contribution in [2.24, 2.45) is 5.73 Å². The van der Waals surface area contributed by atoms with Crippen LogP contribution in [0.4, 0.5) is 5.13 Å². The maximum Gasteiger partial charge on any atom is 0.254 e. The van der Waals surface area contributed by atoms with Gasteiger partial charge in [-0.15, -0.1) is 11.3 Å². The minimum Gasteiger partial charge on any atom is -0.497 e. The highest BCUT2D eigenvalue weighted by Gasteiger charge is 2.22. The molecule has 36 heavy (non-hydrogen) atoms. The molecule has 1 aliphatic carbocycles. The Morgan fingerprint density at radius 3 is 2.81 bits per heavy atom. The summed E-state index contributed by atoms with van der Waals surface area (Å²) in [5.41, 5.74) is 9.38. The van der Waals surface area contributed by atoms with E-state index in [4.69, 9.17) is 26.8 Å². The first-order valence-corrected chi connectivity index (χ1v) is 12.3. The number of benzene rings is 2. The maximum atomic E-state index is 12.7. The summed E-state index contributed by atoms with van der Waals surface area (Å²) in [6, 6.07) is 14.1. The number of anilines is 1. The Kier molecular flexibility index (Phi) is 6.58. The number of aromatic nitrogens is 2. The Morgan fingerprint density at radius 2 is 2.03 bits per heavy atom. The van der Waals surface area contributed by atoms with Crippen LogP contribution in [0.5, 0.6) is 17.4 Å². The first-order chi connectivity index (χ1) is 17.4. The molecule has 2 amide bonds. The summed E-state index contributed by atoms with van der Waals surface area (Å²) < 4.78 is 11.0. The van der Waals surface area contributed by atoms with Gasteiger partial charge in [-0.3, -0.25) is 9.59 Å². The molecule has 4 aromatic rings. The number of rotatable bonds is 7. The molecule has 0 saturated carbocycles. The van der Waals surface area contributed by atoms with Gasteiger partial charge in [0.15, 0.2) is 5.13 Å². The third-order valence-electron chi connectivity index (χ3n) is 5.74. The van der Waals surface area contributed by atoms with Crippen LogP contribution in [0.2, 0.25) is 5.02 Å². The molecule has 10 heteroatoms. The van der Waals surface area contributed by atoms with E-state index in [-0.39, 0.29) is 28.8 Å². The predicted octanol–water partition coefficient (Wildman–Crippen LogP) is 5.04. The smallest absolute Gasteiger partial charge is 0.254 e. The van der Waals surface area contributed by atoms with Gasteiger partial charge in [-0.25, -0.2) is 9.97 Å². The third-order valence-corrected chi connectivity index (χ3v) is 7.06. The van der Waals surface area contributed by atoms with Crippen LogP contribution < -0.4 is 20.5 Å². The second-order valence-corrected chi connectivity index (χ2v) is 9.62. The number of carbonyl (C=O) groups is 2. The van der Waals surface area contributed by atoms with Crippen molar-refractivity contribution < 1.29 is 19.1 Å². The average Bonchev–Trinajstić information content (AvgIpc) is 3.28. The molecular formula is C26H21ClN4O4S. The van der Waals surface area contributed by atoms with Gasteiger partial charge in [-0.1, -0.05) is 17.7 Å². The second kappa shape index (κ2) is 9.96. The fourth-order valence-corrected chi connectivity index (χ4v) is 5.25. The molecule has 0 saturated heterocycles. The normalized spacial score (nSPS) is 11.8. The molecule has 0 fully saturated rings. The number of thiazole rings is 1. The summed E-state index contributed by atoms with van der Waals surface area (Å²) in [6.45, 7) is 0. The van der Waals surface area contributed by atoms with Crippen LogP contribution in [0.3, 0.4) is 0 Å². The number of methoxy groups -OCH3 is 1. The molecule has 5 rings (SSSR count). The highest BCUT2D eigenvalue weighted by molar-refractivity contribution is 7.16. The van der Waals surface area contributed by atoms with Crippen molar-refractivity contribution in [3.8, 4) is 28.6 Å². The van der Waals surface area contributed by atoms with E-state index in [0.29, 0.717) is 16.4 Å². The molecule has 8 nitrogen and oxygen atoms in total.